The van der Waals surface area contributed by atoms with Crippen LogP contribution in [0, 0.1) is 11.3 Å². The number of methoxy groups -OCH3 is 1. The van der Waals surface area contributed by atoms with Crippen LogP contribution in [0.4, 0.5) is 11.4 Å². The van der Waals surface area contributed by atoms with Crippen LogP contribution in [0.25, 0.3) is 0 Å². The summed E-state index contributed by atoms with van der Waals surface area (Å²) in [6.07, 6.45) is 7.91. The lowest BCUT2D eigenvalue weighted by atomic mass is 9.68. The molecule has 1 aliphatic carbocycles. The topological polar surface area (TPSA) is 19.0 Å². The fourth-order valence-electron chi connectivity index (χ4n) is 5.55. The third kappa shape index (κ3) is 5.88. The molecule has 31 heavy (non-hydrogen) atoms. The van der Waals surface area contributed by atoms with E-state index in [9.17, 15) is 0 Å². The Kier molecular flexibility index (Phi) is 8.18. The summed E-state index contributed by atoms with van der Waals surface area (Å²) in [4.78, 5) is 7.48. The average molecular weight is 430 g/mol. The van der Waals surface area contributed by atoms with E-state index in [4.69, 9.17) is 4.74 Å². The van der Waals surface area contributed by atoms with Crippen LogP contribution >= 0.6 is 0 Å². The van der Waals surface area contributed by atoms with Crippen molar-refractivity contribution in [3.05, 3.63) is 17.7 Å². The second kappa shape index (κ2) is 10.5. The predicted molar refractivity (Wildman–Crippen MR) is 135 cm³/mol. The van der Waals surface area contributed by atoms with E-state index < -0.39 is 0 Å². The highest BCUT2D eigenvalue weighted by Crippen LogP contribution is 2.47. The summed E-state index contributed by atoms with van der Waals surface area (Å²) in [5.74, 6) is 2.51. The summed E-state index contributed by atoms with van der Waals surface area (Å²) in [5, 5.41) is 0. The lowest BCUT2D eigenvalue weighted by Gasteiger charge is -2.41. The molecule has 0 aromatic heterocycles. The number of nitrogens with zero attached hydrogens (tertiary/aromatic N) is 3. The molecule has 1 heterocycles. The van der Waals surface area contributed by atoms with Gasteiger partial charge in [-0.25, -0.2) is 0 Å². The van der Waals surface area contributed by atoms with Crippen molar-refractivity contribution in [2.24, 2.45) is 11.3 Å². The fourth-order valence-corrected chi connectivity index (χ4v) is 5.55. The van der Waals surface area contributed by atoms with Crippen molar-refractivity contribution < 1.29 is 4.74 Å². The van der Waals surface area contributed by atoms with Gasteiger partial charge < -0.3 is 14.5 Å². The van der Waals surface area contributed by atoms with Gasteiger partial charge in [0, 0.05) is 52.0 Å². The first kappa shape index (κ1) is 24.2. The average Bonchev–Trinajstić information content (AvgIpc) is 2.76. The van der Waals surface area contributed by atoms with Crippen LogP contribution in [0.2, 0.25) is 0 Å². The summed E-state index contributed by atoms with van der Waals surface area (Å²) in [7, 11) is 6.07. The Hall–Kier alpha value is -1.42. The Morgan fingerprint density at radius 1 is 1.00 bits per heavy atom. The SMILES string of the molecule is CCCCN1CCN(c2cc(OC)c(N(C)C)cc2C2CCC(C(C)(C)C)CC2)CC1. The Morgan fingerprint density at radius 2 is 1.65 bits per heavy atom. The van der Waals surface area contributed by atoms with Crippen molar-refractivity contribution in [3.63, 3.8) is 0 Å². The van der Waals surface area contributed by atoms with Crippen molar-refractivity contribution in [2.45, 2.75) is 72.1 Å². The van der Waals surface area contributed by atoms with Gasteiger partial charge in [0.25, 0.3) is 0 Å². The maximum Gasteiger partial charge on any atom is 0.144 e. The van der Waals surface area contributed by atoms with Gasteiger partial charge in [-0.2, -0.15) is 0 Å². The van der Waals surface area contributed by atoms with Gasteiger partial charge in [0.05, 0.1) is 12.8 Å². The van der Waals surface area contributed by atoms with E-state index in [1.54, 1.807) is 5.56 Å². The zero-order valence-corrected chi connectivity index (χ0v) is 21.3. The van der Waals surface area contributed by atoms with Gasteiger partial charge in [-0.1, -0.05) is 34.1 Å². The first-order valence-electron chi connectivity index (χ1n) is 12.6. The minimum atomic E-state index is 0.428. The zero-order chi connectivity index (χ0) is 22.6. The number of anilines is 2. The van der Waals surface area contributed by atoms with Crippen molar-refractivity contribution in [1.29, 1.82) is 0 Å². The molecule has 0 radical (unpaired) electrons. The molecule has 3 rings (SSSR count). The number of unbranched alkanes of at least 4 members (excludes halogenated alkanes) is 1. The van der Waals surface area contributed by atoms with Gasteiger partial charge >= 0.3 is 0 Å². The third-order valence-electron chi connectivity index (χ3n) is 7.74. The molecule has 176 valence electrons. The monoisotopic (exact) mass is 429 g/mol. The van der Waals surface area contributed by atoms with Crippen molar-refractivity contribution >= 4 is 11.4 Å². The van der Waals surface area contributed by atoms with Gasteiger partial charge in [0.2, 0.25) is 0 Å². The Bertz CT molecular complexity index is 693. The summed E-state index contributed by atoms with van der Waals surface area (Å²) in [6, 6.07) is 4.78. The number of hydrogen-bond acceptors (Lipinski definition) is 4. The molecule has 0 atom stereocenters. The summed E-state index contributed by atoms with van der Waals surface area (Å²) < 4.78 is 5.84. The number of piperazine rings is 1. The normalized spacial score (nSPS) is 23.1. The Morgan fingerprint density at radius 3 is 2.16 bits per heavy atom. The number of ether oxygens (including phenoxy) is 1. The van der Waals surface area contributed by atoms with E-state index in [1.807, 2.05) is 7.11 Å². The molecule has 1 aromatic rings. The van der Waals surface area contributed by atoms with Gasteiger partial charge in [-0.3, -0.25) is 4.90 Å². The largest absolute Gasteiger partial charge is 0.495 e. The molecule has 1 saturated heterocycles. The molecule has 1 aliphatic heterocycles. The maximum absolute atomic E-state index is 5.84. The summed E-state index contributed by atoms with van der Waals surface area (Å²) in [6.45, 7) is 15.4. The standard InChI is InChI=1S/C27H47N3O/c1-8-9-14-29-15-17-30(18-16-29)24-20-26(31-7)25(28(5)6)19-23(24)21-10-12-22(13-11-21)27(2,3)4/h19-22H,8-18H2,1-7H3. The summed E-state index contributed by atoms with van der Waals surface area (Å²) >= 11 is 0. The first-order valence-corrected chi connectivity index (χ1v) is 12.6. The second-order valence-electron chi connectivity index (χ2n) is 11.1. The molecular formula is C27H47N3O. The van der Waals surface area contributed by atoms with Crippen LogP contribution in [-0.2, 0) is 0 Å². The molecule has 1 saturated carbocycles. The quantitative estimate of drug-likeness (QED) is 0.529. The lowest BCUT2D eigenvalue weighted by Crippen LogP contribution is -2.47. The highest BCUT2D eigenvalue weighted by atomic mass is 16.5. The molecule has 4 nitrogen and oxygen atoms in total. The molecule has 2 fully saturated rings. The van der Waals surface area contributed by atoms with E-state index in [0.717, 1.165) is 24.8 Å². The molecule has 0 N–H and O–H groups in total. The molecular weight excluding hydrogens is 382 g/mol. The second-order valence-corrected chi connectivity index (χ2v) is 11.1. The van der Waals surface area contributed by atoms with Crippen LogP contribution in [-0.4, -0.2) is 58.8 Å². The molecule has 1 aromatic carbocycles. The van der Waals surface area contributed by atoms with E-state index >= 15 is 0 Å². The third-order valence-corrected chi connectivity index (χ3v) is 7.74. The zero-order valence-electron chi connectivity index (χ0n) is 21.3. The van der Waals surface area contributed by atoms with Gasteiger partial charge in [-0.05, 0) is 67.5 Å². The maximum atomic E-state index is 5.84. The van der Waals surface area contributed by atoms with E-state index in [1.165, 1.54) is 69.5 Å². The van der Waals surface area contributed by atoms with Crippen LogP contribution in [0.3, 0.4) is 0 Å². The fraction of sp³-hybridized carbons (Fsp3) is 0.778. The molecule has 4 heteroatoms. The van der Waals surface area contributed by atoms with Gasteiger partial charge in [-0.15, -0.1) is 0 Å². The van der Waals surface area contributed by atoms with E-state index in [2.05, 4.69) is 68.6 Å². The van der Waals surface area contributed by atoms with Crippen LogP contribution < -0.4 is 14.5 Å². The van der Waals surface area contributed by atoms with Crippen molar-refractivity contribution in [2.75, 3.05) is 63.7 Å². The highest BCUT2D eigenvalue weighted by molar-refractivity contribution is 5.70. The number of hydrogen-bond donors (Lipinski definition) is 0. The molecule has 0 bridgehead atoms. The van der Waals surface area contributed by atoms with Crippen molar-refractivity contribution in [3.8, 4) is 5.75 Å². The molecule has 0 spiro atoms. The van der Waals surface area contributed by atoms with E-state index in [0.29, 0.717) is 11.3 Å². The van der Waals surface area contributed by atoms with Gasteiger partial charge in [0.1, 0.15) is 5.75 Å². The van der Waals surface area contributed by atoms with Crippen molar-refractivity contribution in [1.82, 2.24) is 4.90 Å². The number of rotatable bonds is 7. The van der Waals surface area contributed by atoms with Crippen LogP contribution in [0.1, 0.15) is 77.7 Å². The lowest BCUT2D eigenvalue weighted by molar-refractivity contribution is 0.169. The van der Waals surface area contributed by atoms with Gasteiger partial charge in [0.15, 0.2) is 0 Å². The predicted octanol–water partition coefficient (Wildman–Crippen LogP) is 6.00. The minimum absolute atomic E-state index is 0.428. The van der Waals surface area contributed by atoms with E-state index in [-0.39, 0.29) is 0 Å². The summed E-state index contributed by atoms with van der Waals surface area (Å²) in [5.41, 5.74) is 4.62. The first-order chi connectivity index (χ1) is 14.7. The smallest absolute Gasteiger partial charge is 0.144 e. The Labute approximate surface area is 191 Å². The molecule has 2 aliphatic rings. The molecule has 0 unspecified atom stereocenters. The van der Waals surface area contributed by atoms with Crippen LogP contribution in [0.5, 0.6) is 5.75 Å². The number of benzene rings is 1. The Balaban J connectivity index is 1.84. The molecule has 0 amide bonds. The van der Waals surface area contributed by atoms with Crippen LogP contribution in [0.15, 0.2) is 12.1 Å². The minimum Gasteiger partial charge on any atom is -0.495 e. The highest BCUT2D eigenvalue weighted by Gasteiger charge is 2.32.